The minimum Gasteiger partial charge on any atom is -0.356 e. The van der Waals surface area contributed by atoms with Gasteiger partial charge in [0.1, 0.15) is 0 Å². The maximum atomic E-state index is 5.78. The molecule has 2 atom stereocenters. The van der Waals surface area contributed by atoms with E-state index in [9.17, 15) is 0 Å². The Kier molecular flexibility index (Phi) is 8.24. The van der Waals surface area contributed by atoms with Crippen molar-refractivity contribution in [2.45, 2.75) is 46.0 Å². The first kappa shape index (κ1) is 13.9. The fourth-order valence-corrected chi connectivity index (χ4v) is 1.29. The Labute approximate surface area is 92.2 Å². The van der Waals surface area contributed by atoms with E-state index in [1.54, 1.807) is 7.11 Å². The van der Waals surface area contributed by atoms with E-state index in [4.69, 9.17) is 21.1 Å². The predicted molar refractivity (Wildman–Crippen MR) is 60.7 cm³/mol. The molecule has 0 saturated carbocycles. The van der Waals surface area contributed by atoms with Crippen molar-refractivity contribution in [2.24, 2.45) is 0 Å². The second kappa shape index (κ2) is 8.27. The van der Waals surface area contributed by atoms with Gasteiger partial charge in [-0.3, -0.25) is 0 Å². The van der Waals surface area contributed by atoms with E-state index in [0.29, 0.717) is 5.88 Å². The largest absolute Gasteiger partial charge is 0.356 e. The number of methoxy groups -OCH3 is 1. The number of ether oxygens (including phenoxy) is 2. The summed E-state index contributed by atoms with van der Waals surface area (Å²) in [5.74, 6) is 0.518. The maximum Gasteiger partial charge on any atom is 0.154 e. The van der Waals surface area contributed by atoms with Crippen LogP contribution in [0.4, 0.5) is 0 Å². The van der Waals surface area contributed by atoms with Crippen LogP contribution in [0.5, 0.6) is 0 Å². The normalized spacial score (nSPS) is 14.9. The highest BCUT2D eigenvalue weighted by molar-refractivity contribution is 6.18. The average Bonchev–Trinajstić information content (AvgIpc) is 2.15. The van der Waals surface area contributed by atoms with Gasteiger partial charge in [-0.1, -0.05) is 11.6 Å². The number of hydrogen-bond acceptors (Lipinski definition) is 2. The molecule has 3 heteroatoms. The molecule has 0 saturated heterocycles. The van der Waals surface area contributed by atoms with Crippen LogP contribution in [0.15, 0.2) is 11.6 Å². The first-order valence-electron chi connectivity index (χ1n) is 4.97. The zero-order valence-electron chi connectivity index (χ0n) is 9.55. The second-order valence-electron chi connectivity index (χ2n) is 3.57. The van der Waals surface area contributed by atoms with Gasteiger partial charge in [0, 0.05) is 13.0 Å². The Balaban J connectivity index is 3.74. The van der Waals surface area contributed by atoms with Crippen LogP contribution in [-0.4, -0.2) is 25.4 Å². The number of allylic oxidation sites excluding steroid dienone is 2. The fourth-order valence-electron chi connectivity index (χ4n) is 1.07. The monoisotopic (exact) mass is 220 g/mol. The number of hydrogen-bond donors (Lipinski definition) is 0. The molecular formula is C11H21ClO2. The van der Waals surface area contributed by atoms with Crippen molar-refractivity contribution in [3.05, 3.63) is 11.6 Å². The molecule has 0 spiro atoms. The summed E-state index contributed by atoms with van der Waals surface area (Å²) in [6.07, 6.45) is 4.06. The molecular weight excluding hydrogens is 200 g/mol. The molecule has 14 heavy (non-hydrogen) atoms. The van der Waals surface area contributed by atoms with Crippen LogP contribution < -0.4 is 0 Å². The summed E-state index contributed by atoms with van der Waals surface area (Å²) < 4.78 is 10.6. The Morgan fingerprint density at radius 2 is 2.07 bits per heavy atom. The van der Waals surface area contributed by atoms with Crippen LogP contribution >= 0.6 is 11.6 Å². The highest BCUT2D eigenvalue weighted by Crippen LogP contribution is 2.09. The molecule has 0 fully saturated rings. The van der Waals surface area contributed by atoms with Crippen molar-refractivity contribution < 1.29 is 9.47 Å². The summed E-state index contributed by atoms with van der Waals surface area (Å²) in [5, 5.41) is 0. The van der Waals surface area contributed by atoms with Gasteiger partial charge < -0.3 is 9.47 Å². The number of halogens is 1. The van der Waals surface area contributed by atoms with E-state index < -0.39 is 0 Å². The zero-order valence-corrected chi connectivity index (χ0v) is 10.3. The van der Waals surface area contributed by atoms with Crippen LogP contribution in [0.3, 0.4) is 0 Å². The lowest BCUT2D eigenvalue weighted by atomic mass is 10.2. The zero-order chi connectivity index (χ0) is 11.0. The number of alkyl halides is 1. The van der Waals surface area contributed by atoms with Gasteiger partial charge >= 0.3 is 0 Å². The Bertz CT molecular complexity index is 165. The Morgan fingerprint density at radius 3 is 2.50 bits per heavy atom. The lowest BCUT2D eigenvalue weighted by Crippen LogP contribution is -2.22. The summed E-state index contributed by atoms with van der Waals surface area (Å²) in [4.78, 5) is 0. The van der Waals surface area contributed by atoms with Gasteiger partial charge in [-0.25, -0.2) is 0 Å². The topological polar surface area (TPSA) is 18.5 Å². The van der Waals surface area contributed by atoms with Crippen LogP contribution in [-0.2, 0) is 9.47 Å². The summed E-state index contributed by atoms with van der Waals surface area (Å²) >= 11 is 5.78. The van der Waals surface area contributed by atoms with Crippen molar-refractivity contribution in [1.29, 1.82) is 0 Å². The van der Waals surface area contributed by atoms with Gasteiger partial charge in [0.05, 0.1) is 6.10 Å². The second-order valence-corrected chi connectivity index (χ2v) is 3.88. The minimum absolute atomic E-state index is 0.0854. The summed E-state index contributed by atoms with van der Waals surface area (Å²) in [7, 11) is 1.63. The van der Waals surface area contributed by atoms with E-state index in [2.05, 4.69) is 19.9 Å². The predicted octanol–water partition coefficient (Wildman–Crippen LogP) is 3.35. The third-order valence-corrected chi connectivity index (χ3v) is 2.27. The lowest BCUT2D eigenvalue weighted by molar-refractivity contribution is -0.139. The molecule has 0 rings (SSSR count). The van der Waals surface area contributed by atoms with Gasteiger partial charge in [0.2, 0.25) is 0 Å². The van der Waals surface area contributed by atoms with Crippen molar-refractivity contribution in [3.63, 3.8) is 0 Å². The summed E-state index contributed by atoms with van der Waals surface area (Å²) in [6, 6.07) is 0. The van der Waals surface area contributed by atoms with Crippen molar-refractivity contribution >= 4 is 11.6 Å². The maximum absolute atomic E-state index is 5.78. The molecule has 0 heterocycles. The fraction of sp³-hybridized carbons (Fsp3) is 0.818. The Morgan fingerprint density at radius 1 is 1.43 bits per heavy atom. The first-order chi connectivity index (χ1) is 6.60. The van der Waals surface area contributed by atoms with Gasteiger partial charge in [0.15, 0.2) is 6.29 Å². The van der Waals surface area contributed by atoms with Gasteiger partial charge in [0.25, 0.3) is 0 Å². The van der Waals surface area contributed by atoms with E-state index in [1.165, 1.54) is 5.57 Å². The Hall–Kier alpha value is -0.0500. The van der Waals surface area contributed by atoms with E-state index >= 15 is 0 Å². The van der Waals surface area contributed by atoms with Crippen LogP contribution in [0.1, 0.15) is 33.6 Å². The van der Waals surface area contributed by atoms with Crippen LogP contribution in [0.2, 0.25) is 0 Å². The van der Waals surface area contributed by atoms with Gasteiger partial charge in [-0.2, -0.15) is 0 Å². The minimum atomic E-state index is -0.176. The van der Waals surface area contributed by atoms with Crippen LogP contribution in [0.25, 0.3) is 0 Å². The third-order valence-electron chi connectivity index (χ3n) is 1.93. The molecule has 0 aliphatic carbocycles. The molecule has 2 unspecified atom stereocenters. The molecule has 0 bridgehead atoms. The highest BCUT2D eigenvalue weighted by Gasteiger charge is 2.10. The lowest BCUT2D eigenvalue weighted by Gasteiger charge is -2.18. The van der Waals surface area contributed by atoms with Crippen molar-refractivity contribution in [1.82, 2.24) is 0 Å². The van der Waals surface area contributed by atoms with Crippen LogP contribution in [0, 0.1) is 0 Å². The molecule has 0 amide bonds. The molecule has 0 N–H and O–H groups in total. The molecule has 0 aromatic heterocycles. The van der Waals surface area contributed by atoms with E-state index in [1.807, 2.05) is 6.92 Å². The van der Waals surface area contributed by atoms with Crippen molar-refractivity contribution in [3.8, 4) is 0 Å². The molecule has 84 valence electrons. The van der Waals surface area contributed by atoms with Gasteiger partial charge in [-0.05, 0) is 33.6 Å². The van der Waals surface area contributed by atoms with Gasteiger partial charge in [-0.15, -0.1) is 11.6 Å². The number of rotatable bonds is 7. The molecule has 2 nitrogen and oxygen atoms in total. The smallest absolute Gasteiger partial charge is 0.154 e. The highest BCUT2D eigenvalue weighted by atomic mass is 35.5. The molecule has 0 aliphatic heterocycles. The first-order valence-corrected chi connectivity index (χ1v) is 5.51. The summed E-state index contributed by atoms with van der Waals surface area (Å²) in [5.41, 5.74) is 1.33. The molecule has 0 aromatic rings. The SMILES string of the molecule is COC(C)OC(CCl)CCC=C(C)C. The van der Waals surface area contributed by atoms with Crippen molar-refractivity contribution in [2.75, 3.05) is 13.0 Å². The van der Waals surface area contributed by atoms with E-state index in [-0.39, 0.29) is 12.4 Å². The van der Waals surface area contributed by atoms with E-state index in [0.717, 1.165) is 12.8 Å². The quantitative estimate of drug-likeness (QED) is 0.372. The summed E-state index contributed by atoms with van der Waals surface area (Å²) in [6.45, 7) is 6.06. The third kappa shape index (κ3) is 7.36. The molecule has 0 aliphatic rings. The molecule has 0 aromatic carbocycles. The molecule has 0 radical (unpaired) electrons. The average molecular weight is 221 g/mol. The standard InChI is InChI=1S/C11H21ClO2/c1-9(2)6-5-7-11(8-12)14-10(3)13-4/h6,10-11H,5,7-8H2,1-4H3.